The van der Waals surface area contributed by atoms with E-state index < -0.39 is 24.2 Å². The van der Waals surface area contributed by atoms with Crippen LogP contribution < -0.4 is 9.47 Å². The number of halogens is 1. The zero-order valence-electron chi connectivity index (χ0n) is 15.5. The average molecular weight is 388 g/mol. The minimum Gasteiger partial charge on any atom is -0.496 e. The van der Waals surface area contributed by atoms with Crippen LogP contribution in [0.15, 0.2) is 42.5 Å². The van der Waals surface area contributed by atoms with E-state index in [9.17, 15) is 14.0 Å². The Bertz CT molecular complexity index is 827. The van der Waals surface area contributed by atoms with Crippen LogP contribution >= 0.6 is 0 Å². The van der Waals surface area contributed by atoms with Crippen molar-refractivity contribution in [2.75, 3.05) is 26.9 Å². The third-order valence-electron chi connectivity index (χ3n) is 4.35. The van der Waals surface area contributed by atoms with E-state index >= 15 is 0 Å². The van der Waals surface area contributed by atoms with Crippen LogP contribution in [-0.2, 0) is 9.47 Å². The van der Waals surface area contributed by atoms with E-state index in [1.54, 1.807) is 24.3 Å². The maximum atomic E-state index is 13.4. The molecule has 0 aromatic heterocycles. The Balaban J connectivity index is 1.53. The number of hydrogen-bond donors (Lipinski definition) is 0. The molecule has 1 unspecified atom stereocenters. The zero-order valence-corrected chi connectivity index (χ0v) is 15.5. The third kappa shape index (κ3) is 5.07. The van der Waals surface area contributed by atoms with Crippen LogP contribution in [0.2, 0.25) is 0 Å². The van der Waals surface area contributed by atoms with Gasteiger partial charge < -0.3 is 18.9 Å². The molecule has 6 nitrogen and oxygen atoms in total. The minimum absolute atomic E-state index is 0.0215. The predicted molar refractivity (Wildman–Crippen MR) is 98.5 cm³/mol. The van der Waals surface area contributed by atoms with E-state index in [0.717, 1.165) is 25.5 Å². The number of Topliss-reactive ketones (excluding diaryl/α,β-unsaturated/α-hetero) is 1. The molecule has 148 valence electrons. The summed E-state index contributed by atoms with van der Waals surface area (Å²) in [4.78, 5) is 24.4. The molecule has 1 saturated heterocycles. The first-order valence-electron chi connectivity index (χ1n) is 8.95. The summed E-state index contributed by atoms with van der Waals surface area (Å²) in [6, 6.07) is 10.0. The van der Waals surface area contributed by atoms with Gasteiger partial charge in [0, 0.05) is 6.61 Å². The number of carbonyl (C=O) groups excluding carboxylic acids is 2. The van der Waals surface area contributed by atoms with Gasteiger partial charge in [0.25, 0.3) is 0 Å². The Morgan fingerprint density at radius 2 is 1.96 bits per heavy atom. The van der Waals surface area contributed by atoms with Gasteiger partial charge in [0.05, 0.1) is 24.3 Å². The van der Waals surface area contributed by atoms with Crippen LogP contribution in [-0.4, -0.2) is 44.8 Å². The molecule has 28 heavy (non-hydrogen) atoms. The molecule has 0 bridgehead atoms. The molecular formula is C21H21FO6. The van der Waals surface area contributed by atoms with Crippen LogP contribution in [0.4, 0.5) is 4.39 Å². The molecule has 0 amide bonds. The van der Waals surface area contributed by atoms with Crippen molar-refractivity contribution in [2.45, 2.75) is 18.9 Å². The van der Waals surface area contributed by atoms with Crippen molar-refractivity contribution in [2.24, 2.45) is 0 Å². The van der Waals surface area contributed by atoms with Gasteiger partial charge in [0.15, 0.2) is 6.61 Å². The second-order valence-corrected chi connectivity index (χ2v) is 6.31. The lowest BCUT2D eigenvalue weighted by Gasteiger charge is -2.12. The standard InChI is InChI=1S/C21H21FO6/c1-25-20-9-6-15(22)11-18(20)19(23)13-28-21(24)14-4-7-16(8-5-14)27-12-17-3-2-10-26-17/h4-9,11,17H,2-3,10,12-13H2,1H3. The summed E-state index contributed by atoms with van der Waals surface area (Å²) in [6.45, 7) is 0.711. The topological polar surface area (TPSA) is 71.1 Å². The van der Waals surface area contributed by atoms with Gasteiger partial charge in [0.2, 0.25) is 5.78 Å². The highest BCUT2D eigenvalue weighted by Gasteiger charge is 2.18. The molecule has 0 aliphatic carbocycles. The highest BCUT2D eigenvalue weighted by atomic mass is 19.1. The van der Waals surface area contributed by atoms with E-state index in [1.165, 1.54) is 19.2 Å². The third-order valence-corrected chi connectivity index (χ3v) is 4.35. The van der Waals surface area contributed by atoms with Gasteiger partial charge in [0.1, 0.15) is 23.9 Å². The summed E-state index contributed by atoms with van der Waals surface area (Å²) < 4.78 is 34.6. The van der Waals surface area contributed by atoms with Crippen LogP contribution in [0.3, 0.4) is 0 Å². The van der Waals surface area contributed by atoms with E-state index in [-0.39, 0.29) is 23.0 Å². The molecule has 1 aliphatic rings. The smallest absolute Gasteiger partial charge is 0.338 e. The molecular weight excluding hydrogens is 367 g/mol. The lowest BCUT2D eigenvalue weighted by Crippen LogP contribution is -2.16. The Labute approximate surface area is 162 Å². The molecule has 3 rings (SSSR count). The number of methoxy groups -OCH3 is 1. The van der Waals surface area contributed by atoms with Crippen LogP contribution in [0.25, 0.3) is 0 Å². The quantitative estimate of drug-likeness (QED) is 0.510. The lowest BCUT2D eigenvalue weighted by molar-refractivity contribution is 0.0473. The van der Waals surface area contributed by atoms with Crippen LogP contribution in [0.5, 0.6) is 11.5 Å². The molecule has 2 aromatic carbocycles. The first kappa shape index (κ1) is 19.8. The molecule has 1 atom stereocenters. The second-order valence-electron chi connectivity index (χ2n) is 6.31. The van der Waals surface area contributed by atoms with Crippen molar-refractivity contribution < 1.29 is 32.9 Å². The van der Waals surface area contributed by atoms with Crippen molar-refractivity contribution in [3.05, 3.63) is 59.4 Å². The van der Waals surface area contributed by atoms with Crippen molar-refractivity contribution in [3.8, 4) is 11.5 Å². The molecule has 0 spiro atoms. The van der Waals surface area contributed by atoms with Crippen molar-refractivity contribution in [3.63, 3.8) is 0 Å². The summed E-state index contributed by atoms with van der Waals surface area (Å²) in [7, 11) is 1.37. The highest BCUT2D eigenvalue weighted by Crippen LogP contribution is 2.20. The van der Waals surface area contributed by atoms with E-state index in [4.69, 9.17) is 18.9 Å². The Morgan fingerprint density at radius 3 is 2.64 bits per heavy atom. The Morgan fingerprint density at radius 1 is 1.18 bits per heavy atom. The maximum absolute atomic E-state index is 13.4. The molecule has 0 saturated carbocycles. The summed E-state index contributed by atoms with van der Waals surface area (Å²) >= 11 is 0. The number of rotatable bonds is 8. The SMILES string of the molecule is COc1ccc(F)cc1C(=O)COC(=O)c1ccc(OCC2CCCO2)cc1. The molecule has 7 heteroatoms. The monoisotopic (exact) mass is 388 g/mol. The number of hydrogen-bond acceptors (Lipinski definition) is 6. The van der Waals surface area contributed by atoms with E-state index in [0.29, 0.717) is 12.4 Å². The van der Waals surface area contributed by atoms with Gasteiger partial charge in [-0.25, -0.2) is 9.18 Å². The first-order valence-corrected chi connectivity index (χ1v) is 8.95. The molecule has 2 aromatic rings. The largest absolute Gasteiger partial charge is 0.496 e. The summed E-state index contributed by atoms with van der Waals surface area (Å²) in [5, 5.41) is 0. The highest BCUT2D eigenvalue weighted by molar-refractivity contribution is 6.01. The summed E-state index contributed by atoms with van der Waals surface area (Å²) in [5.41, 5.74) is 0.302. The van der Waals surface area contributed by atoms with Crippen LogP contribution in [0.1, 0.15) is 33.6 Å². The molecule has 1 aliphatic heterocycles. The van der Waals surface area contributed by atoms with Gasteiger partial charge in [-0.15, -0.1) is 0 Å². The normalized spacial score (nSPS) is 15.9. The maximum Gasteiger partial charge on any atom is 0.338 e. The van der Waals surface area contributed by atoms with Gasteiger partial charge in [-0.2, -0.15) is 0 Å². The van der Waals surface area contributed by atoms with Crippen molar-refractivity contribution in [1.82, 2.24) is 0 Å². The van der Waals surface area contributed by atoms with Crippen molar-refractivity contribution in [1.29, 1.82) is 0 Å². The fourth-order valence-electron chi connectivity index (χ4n) is 2.84. The van der Waals surface area contributed by atoms with E-state index in [1.807, 2.05) is 0 Å². The molecule has 1 fully saturated rings. The van der Waals surface area contributed by atoms with Crippen molar-refractivity contribution >= 4 is 11.8 Å². The minimum atomic E-state index is -0.658. The summed E-state index contributed by atoms with van der Waals surface area (Å²) in [5.74, 6) is -0.951. The molecule has 0 radical (unpaired) electrons. The number of esters is 1. The average Bonchev–Trinajstić information content (AvgIpc) is 3.24. The summed E-state index contributed by atoms with van der Waals surface area (Å²) in [6.07, 6.45) is 2.13. The van der Waals surface area contributed by atoms with Gasteiger partial charge in [-0.05, 0) is 55.3 Å². The fourth-order valence-corrected chi connectivity index (χ4v) is 2.84. The Hall–Kier alpha value is -2.93. The Kier molecular flexibility index (Phi) is 6.60. The lowest BCUT2D eigenvalue weighted by atomic mass is 10.1. The van der Waals surface area contributed by atoms with Crippen LogP contribution in [0, 0.1) is 5.82 Å². The molecule has 1 heterocycles. The number of ketones is 1. The number of carbonyl (C=O) groups is 2. The van der Waals surface area contributed by atoms with E-state index in [2.05, 4.69) is 0 Å². The zero-order chi connectivity index (χ0) is 19.9. The first-order chi connectivity index (χ1) is 13.6. The van der Waals surface area contributed by atoms with Gasteiger partial charge in [-0.3, -0.25) is 4.79 Å². The molecule has 0 N–H and O–H groups in total. The fraction of sp³-hybridized carbons (Fsp3) is 0.333. The predicted octanol–water partition coefficient (Wildman–Crippen LogP) is 3.43. The number of ether oxygens (including phenoxy) is 4. The second kappa shape index (κ2) is 9.32. The number of benzene rings is 2. The van der Waals surface area contributed by atoms with Gasteiger partial charge >= 0.3 is 5.97 Å². The van der Waals surface area contributed by atoms with Gasteiger partial charge in [-0.1, -0.05) is 0 Å².